The van der Waals surface area contributed by atoms with E-state index < -0.39 is 5.92 Å². The van der Waals surface area contributed by atoms with Gasteiger partial charge in [0.1, 0.15) is 0 Å². The van der Waals surface area contributed by atoms with Gasteiger partial charge in [-0.05, 0) is 74.6 Å². The Morgan fingerprint density at radius 2 is 1.69 bits per heavy atom. The lowest BCUT2D eigenvalue weighted by atomic mass is 9.65. The van der Waals surface area contributed by atoms with Gasteiger partial charge in [0.25, 0.3) is 0 Å². The summed E-state index contributed by atoms with van der Waals surface area (Å²) >= 11 is 0. The van der Waals surface area contributed by atoms with E-state index in [0.29, 0.717) is 18.1 Å². The molecule has 2 N–H and O–H groups in total. The van der Waals surface area contributed by atoms with Crippen LogP contribution in [0.1, 0.15) is 35.1 Å². The predicted octanol–water partition coefficient (Wildman–Crippen LogP) is 2.66. The first-order valence-corrected chi connectivity index (χ1v) is 11.9. The SMILES string of the molecule is COc1cc(C2c3cc4c(cc3C(NCCCN(C)C)C3COC(=O)C23)OCO4)cc(OC)c1O. The second-order valence-corrected chi connectivity index (χ2v) is 9.49. The number of ether oxygens (including phenoxy) is 5. The summed E-state index contributed by atoms with van der Waals surface area (Å²) < 4.78 is 27.9. The molecular formula is C26H32N2O7. The zero-order valence-electron chi connectivity index (χ0n) is 20.5. The zero-order valence-corrected chi connectivity index (χ0v) is 20.5. The normalized spacial score (nSPS) is 24.2. The summed E-state index contributed by atoms with van der Waals surface area (Å²) in [5.74, 6) is 0.819. The fourth-order valence-electron chi connectivity index (χ4n) is 5.57. The second-order valence-electron chi connectivity index (χ2n) is 9.49. The van der Waals surface area contributed by atoms with Gasteiger partial charge in [-0.25, -0.2) is 0 Å². The second kappa shape index (κ2) is 9.47. The third kappa shape index (κ3) is 4.12. The number of nitrogens with one attached hydrogen (secondary N) is 1. The quantitative estimate of drug-likeness (QED) is 0.433. The maximum Gasteiger partial charge on any atom is 0.310 e. The first-order chi connectivity index (χ1) is 16.9. The van der Waals surface area contributed by atoms with E-state index >= 15 is 0 Å². The van der Waals surface area contributed by atoms with Gasteiger partial charge in [0.05, 0.1) is 26.7 Å². The maximum absolute atomic E-state index is 13.2. The number of cyclic esters (lactones) is 1. The topological polar surface area (TPSA) is 98.7 Å². The van der Waals surface area contributed by atoms with E-state index in [0.717, 1.165) is 36.2 Å². The van der Waals surface area contributed by atoms with Gasteiger partial charge in [-0.15, -0.1) is 0 Å². The highest BCUT2D eigenvalue weighted by atomic mass is 16.7. The minimum Gasteiger partial charge on any atom is -0.502 e. The number of carbonyl (C=O) groups excluding carboxylic acids is 1. The van der Waals surface area contributed by atoms with Crippen molar-refractivity contribution in [3.05, 3.63) is 41.0 Å². The van der Waals surface area contributed by atoms with Crippen LogP contribution in [0.4, 0.5) is 0 Å². The molecule has 1 aliphatic carbocycles. The number of methoxy groups -OCH3 is 2. The molecule has 1 fully saturated rings. The minimum atomic E-state index is -0.409. The van der Waals surface area contributed by atoms with E-state index in [4.69, 9.17) is 23.7 Å². The third-order valence-electron chi connectivity index (χ3n) is 7.19. The molecule has 2 aromatic carbocycles. The van der Waals surface area contributed by atoms with Crippen LogP contribution in [0.25, 0.3) is 0 Å². The molecule has 0 aromatic heterocycles. The van der Waals surface area contributed by atoms with Gasteiger partial charge in [0, 0.05) is 17.9 Å². The number of benzene rings is 2. The zero-order chi connectivity index (χ0) is 24.7. The lowest BCUT2D eigenvalue weighted by Crippen LogP contribution is -2.41. The molecule has 2 heterocycles. The number of phenolic OH excluding ortho intramolecular Hbond substituents is 1. The minimum absolute atomic E-state index is 0.0643. The van der Waals surface area contributed by atoms with E-state index in [9.17, 15) is 9.90 Å². The largest absolute Gasteiger partial charge is 0.502 e. The van der Waals surface area contributed by atoms with Gasteiger partial charge < -0.3 is 39.0 Å². The number of hydrogen-bond donors (Lipinski definition) is 2. The number of aromatic hydroxyl groups is 1. The molecule has 0 spiro atoms. The van der Waals surface area contributed by atoms with Crippen molar-refractivity contribution in [1.29, 1.82) is 0 Å². The molecular weight excluding hydrogens is 452 g/mol. The van der Waals surface area contributed by atoms with E-state index in [1.165, 1.54) is 14.2 Å². The molecule has 9 nitrogen and oxygen atoms in total. The Morgan fingerprint density at radius 1 is 1.03 bits per heavy atom. The Morgan fingerprint density at radius 3 is 2.31 bits per heavy atom. The van der Waals surface area contributed by atoms with Crippen LogP contribution in [0.15, 0.2) is 24.3 Å². The highest BCUT2D eigenvalue weighted by Gasteiger charge is 2.52. The van der Waals surface area contributed by atoms with Gasteiger partial charge in [0.2, 0.25) is 12.5 Å². The Balaban J connectivity index is 1.63. The highest BCUT2D eigenvalue weighted by Crippen LogP contribution is 2.55. The lowest BCUT2D eigenvalue weighted by Gasteiger charge is -2.39. The summed E-state index contributed by atoms with van der Waals surface area (Å²) in [5, 5.41) is 14.2. The number of nitrogens with zero attached hydrogens (tertiary/aromatic N) is 1. The van der Waals surface area contributed by atoms with Gasteiger partial charge >= 0.3 is 5.97 Å². The summed E-state index contributed by atoms with van der Waals surface area (Å²) in [5.41, 5.74) is 2.83. The van der Waals surface area contributed by atoms with Gasteiger partial charge in [-0.3, -0.25) is 4.79 Å². The monoisotopic (exact) mass is 484 g/mol. The number of hydrogen-bond acceptors (Lipinski definition) is 9. The Bertz CT molecular complexity index is 1090. The molecule has 35 heavy (non-hydrogen) atoms. The van der Waals surface area contributed by atoms with Crippen molar-refractivity contribution in [2.45, 2.75) is 18.4 Å². The number of esters is 1. The van der Waals surface area contributed by atoms with Crippen LogP contribution in [-0.4, -0.2) is 70.8 Å². The van der Waals surface area contributed by atoms with E-state index in [2.05, 4.69) is 24.3 Å². The summed E-state index contributed by atoms with van der Waals surface area (Å²) in [6.07, 6.45) is 0.978. The Labute approximate surface area is 204 Å². The molecule has 0 amide bonds. The van der Waals surface area contributed by atoms with Crippen molar-refractivity contribution in [2.75, 3.05) is 54.8 Å². The predicted molar refractivity (Wildman–Crippen MR) is 127 cm³/mol. The van der Waals surface area contributed by atoms with Crippen LogP contribution in [0.2, 0.25) is 0 Å². The van der Waals surface area contributed by atoms with Crippen molar-refractivity contribution in [3.8, 4) is 28.7 Å². The first-order valence-electron chi connectivity index (χ1n) is 11.9. The molecule has 2 aromatic rings. The fourth-order valence-corrected chi connectivity index (χ4v) is 5.57. The molecule has 0 saturated carbocycles. The molecule has 0 radical (unpaired) electrons. The molecule has 4 atom stereocenters. The first kappa shape index (κ1) is 23.6. The molecule has 9 heteroatoms. The maximum atomic E-state index is 13.2. The molecule has 0 bridgehead atoms. The van der Waals surface area contributed by atoms with Gasteiger partial charge in [0.15, 0.2) is 23.0 Å². The number of rotatable bonds is 8. The van der Waals surface area contributed by atoms with Crippen molar-refractivity contribution in [1.82, 2.24) is 10.2 Å². The van der Waals surface area contributed by atoms with Gasteiger partial charge in [-0.2, -0.15) is 0 Å². The standard InChI is InChI=1S/C26H32N2O7/c1-28(2)7-5-6-27-24-16-11-19-18(34-13-35-19)10-15(16)22(23-17(24)12-33-26(23)30)14-8-20(31-3)25(29)21(9-14)32-4/h8-11,17,22-24,27,29H,5-7,12-13H2,1-4H3. The van der Waals surface area contributed by atoms with E-state index in [1.54, 1.807) is 12.1 Å². The van der Waals surface area contributed by atoms with Crippen LogP contribution < -0.4 is 24.3 Å². The summed E-state index contributed by atoms with van der Waals surface area (Å²) in [6.45, 7) is 2.28. The smallest absolute Gasteiger partial charge is 0.310 e. The Kier molecular flexibility index (Phi) is 6.37. The lowest BCUT2D eigenvalue weighted by molar-refractivity contribution is -0.141. The average molecular weight is 485 g/mol. The fraction of sp³-hybridized carbons (Fsp3) is 0.500. The van der Waals surface area contributed by atoms with E-state index in [1.807, 2.05) is 12.1 Å². The average Bonchev–Trinajstić information content (AvgIpc) is 3.46. The molecule has 188 valence electrons. The molecule has 4 unspecified atom stereocenters. The third-order valence-corrected chi connectivity index (χ3v) is 7.19. The van der Waals surface area contributed by atoms with Crippen LogP contribution >= 0.6 is 0 Å². The molecule has 1 saturated heterocycles. The Hall–Kier alpha value is -3.17. The summed E-state index contributed by atoms with van der Waals surface area (Å²) in [7, 11) is 7.10. The number of fused-ring (bicyclic) bond motifs is 3. The van der Waals surface area contributed by atoms with Crippen molar-refractivity contribution in [3.63, 3.8) is 0 Å². The van der Waals surface area contributed by atoms with Crippen molar-refractivity contribution < 1.29 is 33.6 Å². The van der Waals surface area contributed by atoms with Crippen LogP contribution in [0.5, 0.6) is 28.7 Å². The highest BCUT2D eigenvalue weighted by molar-refractivity contribution is 5.79. The summed E-state index contributed by atoms with van der Waals surface area (Å²) in [4.78, 5) is 15.3. The van der Waals surface area contributed by atoms with Crippen molar-refractivity contribution in [2.24, 2.45) is 11.8 Å². The van der Waals surface area contributed by atoms with Crippen molar-refractivity contribution >= 4 is 5.97 Å². The van der Waals surface area contributed by atoms with Gasteiger partial charge in [-0.1, -0.05) is 0 Å². The molecule has 5 rings (SSSR count). The van der Waals surface area contributed by atoms with Crippen LogP contribution in [-0.2, 0) is 9.53 Å². The van der Waals surface area contributed by atoms with Crippen LogP contribution in [0.3, 0.4) is 0 Å². The van der Waals surface area contributed by atoms with Crippen LogP contribution in [0, 0.1) is 11.8 Å². The number of phenols is 1. The molecule has 3 aliphatic rings. The molecule has 2 aliphatic heterocycles. The number of carbonyl (C=O) groups is 1. The van der Waals surface area contributed by atoms with E-state index in [-0.39, 0.29) is 47.9 Å². The summed E-state index contributed by atoms with van der Waals surface area (Å²) in [6, 6.07) is 7.47.